The van der Waals surface area contributed by atoms with Gasteiger partial charge in [0, 0.05) is 26.3 Å². The van der Waals surface area contributed by atoms with Gasteiger partial charge in [-0.3, -0.25) is 4.79 Å². The number of benzene rings is 1. The summed E-state index contributed by atoms with van der Waals surface area (Å²) in [6.07, 6.45) is 3.23. The minimum atomic E-state index is -3.57. The number of sulfonamides is 1. The molecule has 28 heavy (non-hydrogen) atoms. The molecule has 1 saturated heterocycles. The number of carbonyl (C=O) groups is 1. The van der Waals surface area contributed by atoms with E-state index in [1.165, 1.54) is 21.1 Å². The number of hydrogen-bond donors (Lipinski definition) is 1. The van der Waals surface area contributed by atoms with Crippen LogP contribution in [0.2, 0.25) is 0 Å². The molecule has 1 aromatic carbocycles. The first-order valence-corrected chi connectivity index (χ1v) is 10.9. The number of hydrogen-bond acceptors (Lipinski definition) is 4. The minimum Gasteiger partial charge on any atom is -0.491 e. The molecule has 2 aromatic rings. The largest absolute Gasteiger partial charge is 0.491 e. The Morgan fingerprint density at radius 2 is 1.89 bits per heavy atom. The zero-order valence-electron chi connectivity index (χ0n) is 16.5. The second kappa shape index (κ2) is 8.36. The van der Waals surface area contributed by atoms with E-state index in [-0.39, 0.29) is 16.5 Å². The molecule has 2 heterocycles. The van der Waals surface area contributed by atoms with Crippen molar-refractivity contribution in [1.82, 2.24) is 8.87 Å². The van der Waals surface area contributed by atoms with Crippen molar-refractivity contribution >= 4 is 21.6 Å². The number of nitrogens with one attached hydrogen (secondary N) is 1. The predicted molar refractivity (Wildman–Crippen MR) is 108 cm³/mol. The number of nitrogens with zero attached hydrogens (tertiary/aromatic N) is 2. The quantitative estimate of drug-likeness (QED) is 0.768. The van der Waals surface area contributed by atoms with E-state index in [0.29, 0.717) is 37.1 Å². The first kappa shape index (κ1) is 20.4. The average molecular weight is 406 g/mol. The number of para-hydroxylation sites is 2. The summed E-state index contributed by atoms with van der Waals surface area (Å²) >= 11 is 0. The third kappa shape index (κ3) is 4.39. The first-order valence-electron chi connectivity index (χ1n) is 9.48. The summed E-state index contributed by atoms with van der Waals surface area (Å²) in [5.41, 5.74) is 0.828. The predicted octanol–water partition coefficient (Wildman–Crippen LogP) is 3.10. The Morgan fingerprint density at radius 3 is 2.57 bits per heavy atom. The van der Waals surface area contributed by atoms with E-state index in [9.17, 15) is 13.2 Å². The Hall–Kier alpha value is -2.32. The minimum absolute atomic E-state index is 0.145. The molecule has 0 aliphatic carbocycles. The monoisotopic (exact) mass is 405 g/mol. The zero-order chi connectivity index (χ0) is 20.3. The summed E-state index contributed by atoms with van der Waals surface area (Å²) in [6, 6.07) is 8.64. The van der Waals surface area contributed by atoms with Gasteiger partial charge in [0.15, 0.2) is 0 Å². The number of anilines is 1. The lowest BCUT2D eigenvalue weighted by atomic mass is 10.2. The van der Waals surface area contributed by atoms with Crippen molar-refractivity contribution in [3.63, 3.8) is 0 Å². The van der Waals surface area contributed by atoms with E-state index in [1.807, 2.05) is 26.0 Å². The zero-order valence-corrected chi connectivity index (χ0v) is 17.3. The molecule has 3 rings (SSSR count). The van der Waals surface area contributed by atoms with Gasteiger partial charge < -0.3 is 14.6 Å². The number of carbonyl (C=O) groups excluding carboxylic acids is 1. The van der Waals surface area contributed by atoms with Crippen molar-refractivity contribution < 1.29 is 17.9 Å². The Bertz CT molecular complexity index is 944. The van der Waals surface area contributed by atoms with E-state index >= 15 is 0 Å². The van der Waals surface area contributed by atoms with Crippen LogP contribution in [0.25, 0.3) is 0 Å². The maximum absolute atomic E-state index is 12.8. The molecule has 1 aromatic heterocycles. The van der Waals surface area contributed by atoms with Crippen LogP contribution in [0.3, 0.4) is 0 Å². The first-order chi connectivity index (χ1) is 13.3. The lowest BCUT2D eigenvalue weighted by Gasteiger charge is -2.14. The summed E-state index contributed by atoms with van der Waals surface area (Å²) < 4.78 is 34.3. The lowest BCUT2D eigenvalue weighted by molar-refractivity contribution is 0.101. The van der Waals surface area contributed by atoms with Gasteiger partial charge in [0.1, 0.15) is 16.3 Å². The van der Waals surface area contributed by atoms with Crippen molar-refractivity contribution in [2.45, 2.75) is 31.6 Å². The second-order valence-corrected chi connectivity index (χ2v) is 9.38. The fourth-order valence-electron chi connectivity index (χ4n) is 3.12. The number of amides is 1. The van der Waals surface area contributed by atoms with Gasteiger partial charge in [-0.05, 0) is 37.0 Å². The van der Waals surface area contributed by atoms with Crippen molar-refractivity contribution in [2.24, 2.45) is 13.0 Å². The third-order valence-corrected chi connectivity index (χ3v) is 6.49. The normalized spacial score (nSPS) is 15.1. The van der Waals surface area contributed by atoms with Crippen molar-refractivity contribution in [3.8, 4) is 5.75 Å². The van der Waals surface area contributed by atoms with Gasteiger partial charge in [0.05, 0.1) is 12.3 Å². The fraction of sp³-hybridized carbons (Fsp3) is 0.450. The molecule has 1 aliphatic heterocycles. The van der Waals surface area contributed by atoms with E-state index in [2.05, 4.69) is 5.32 Å². The molecular formula is C20H27N3O4S. The Morgan fingerprint density at radius 1 is 1.21 bits per heavy atom. The maximum atomic E-state index is 12.8. The summed E-state index contributed by atoms with van der Waals surface area (Å²) in [5.74, 6) is 0.560. The van der Waals surface area contributed by atoms with Crippen LogP contribution in [0.5, 0.6) is 5.75 Å². The molecule has 8 heteroatoms. The van der Waals surface area contributed by atoms with Crippen LogP contribution >= 0.6 is 0 Å². The molecule has 1 fully saturated rings. The van der Waals surface area contributed by atoms with E-state index in [4.69, 9.17) is 4.74 Å². The maximum Gasteiger partial charge on any atom is 0.272 e. The van der Waals surface area contributed by atoms with Gasteiger partial charge in [0.2, 0.25) is 10.0 Å². The average Bonchev–Trinajstić information content (AvgIpc) is 3.31. The Kier molecular flexibility index (Phi) is 6.10. The van der Waals surface area contributed by atoms with Crippen LogP contribution < -0.4 is 10.1 Å². The molecule has 0 saturated carbocycles. The lowest BCUT2D eigenvalue weighted by Crippen LogP contribution is -2.27. The molecule has 1 N–H and O–H groups in total. The van der Waals surface area contributed by atoms with Crippen molar-refractivity contribution in [2.75, 3.05) is 25.0 Å². The SMILES string of the molecule is CC(C)COc1ccccc1NC(=O)c1cc(S(=O)(=O)N2CCCC2)cn1C. The standard InChI is InChI=1S/C20H27N3O4S/c1-15(2)14-27-19-9-5-4-8-17(19)21-20(24)18-12-16(13-22(18)3)28(25,26)23-10-6-7-11-23/h4-5,8-9,12-13,15H,6-7,10-11,14H2,1-3H3,(H,21,24). The summed E-state index contributed by atoms with van der Waals surface area (Å²) in [5, 5.41) is 2.83. The molecule has 0 radical (unpaired) electrons. The van der Waals surface area contributed by atoms with Gasteiger partial charge in [-0.25, -0.2) is 8.42 Å². The van der Waals surface area contributed by atoms with E-state index in [1.54, 1.807) is 19.2 Å². The Labute approximate surface area is 166 Å². The van der Waals surface area contributed by atoms with Gasteiger partial charge in [-0.1, -0.05) is 26.0 Å². The molecule has 0 bridgehead atoms. The number of rotatable bonds is 7. The van der Waals surface area contributed by atoms with Crippen LogP contribution in [0.15, 0.2) is 41.4 Å². The molecule has 152 valence electrons. The number of ether oxygens (including phenoxy) is 1. The molecular weight excluding hydrogens is 378 g/mol. The molecule has 0 spiro atoms. The molecule has 1 aliphatic rings. The van der Waals surface area contributed by atoms with E-state index < -0.39 is 10.0 Å². The smallest absolute Gasteiger partial charge is 0.272 e. The van der Waals surface area contributed by atoms with Gasteiger partial charge in [-0.2, -0.15) is 4.31 Å². The van der Waals surface area contributed by atoms with Crippen LogP contribution in [-0.4, -0.2) is 42.9 Å². The second-order valence-electron chi connectivity index (χ2n) is 7.44. The topological polar surface area (TPSA) is 80.6 Å². The molecule has 0 atom stereocenters. The number of aryl methyl sites for hydroxylation is 1. The molecule has 7 nitrogen and oxygen atoms in total. The van der Waals surface area contributed by atoms with Gasteiger partial charge >= 0.3 is 0 Å². The highest BCUT2D eigenvalue weighted by molar-refractivity contribution is 7.89. The Balaban J connectivity index is 1.80. The van der Waals surface area contributed by atoms with Crippen molar-refractivity contribution in [1.29, 1.82) is 0 Å². The van der Waals surface area contributed by atoms with E-state index in [0.717, 1.165) is 12.8 Å². The van der Waals surface area contributed by atoms with Crippen LogP contribution in [0.4, 0.5) is 5.69 Å². The molecule has 0 unspecified atom stereocenters. The van der Waals surface area contributed by atoms with Gasteiger partial charge in [0.25, 0.3) is 5.91 Å². The summed E-state index contributed by atoms with van der Waals surface area (Å²) in [6.45, 7) is 5.69. The van der Waals surface area contributed by atoms with Crippen LogP contribution in [0.1, 0.15) is 37.2 Å². The van der Waals surface area contributed by atoms with Crippen LogP contribution in [-0.2, 0) is 17.1 Å². The highest BCUT2D eigenvalue weighted by atomic mass is 32.2. The summed E-state index contributed by atoms with van der Waals surface area (Å²) in [4.78, 5) is 12.9. The van der Waals surface area contributed by atoms with Gasteiger partial charge in [-0.15, -0.1) is 0 Å². The molecule has 1 amide bonds. The highest BCUT2D eigenvalue weighted by Gasteiger charge is 2.29. The third-order valence-electron chi connectivity index (χ3n) is 4.62. The fourth-order valence-corrected chi connectivity index (χ4v) is 4.71. The number of aromatic nitrogens is 1. The van der Waals surface area contributed by atoms with Crippen LogP contribution in [0, 0.1) is 5.92 Å². The highest BCUT2D eigenvalue weighted by Crippen LogP contribution is 2.26. The van der Waals surface area contributed by atoms with Crippen molar-refractivity contribution in [3.05, 3.63) is 42.2 Å². The summed E-state index contributed by atoms with van der Waals surface area (Å²) in [7, 11) is -1.90.